The highest BCUT2D eigenvalue weighted by Crippen LogP contribution is 2.38. The number of para-hydroxylation sites is 1. The van der Waals surface area contributed by atoms with Crippen molar-refractivity contribution in [3.05, 3.63) is 99.2 Å². The molecule has 1 aromatic heterocycles. The number of nitrogens with zero attached hydrogens (tertiary/aromatic N) is 3. The molecule has 0 unspecified atom stereocenters. The second-order valence-corrected chi connectivity index (χ2v) is 10.6. The maximum absolute atomic E-state index is 13.8. The molecule has 0 radical (unpaired) electrons. The zero-order valence-electron chi connectivity index (χ0n) is 22.9. The van der Waals surface area contributed by atoms with Crippen LogP contribution in [-0.4, -0.2) is 27.3 Å². The molecule has 3 N–H and O–H groups in total. The molecule has 1 aliphatic rings. The van der Waals surface area contributed by atoms with Crippen molar-refractivity contribution in [3.8, 4) is 16.9 Å². The number of benzene rings is 3. The van der Waals surface area contributed by atoms with Gasteiger partial charge in [0.05, 0.1) is 22.6 Å². The lowest BCUT2D eigenvalue weighted by Gasteiger charge is -2.28. The molecule has 0 bridgehead atoms. The van der Waals surface area contributed by atoms with Crippen LogP contribution in [0.25, 0.3) is 16.9 Å². The highest BCUT2D eigenvalue weighted by molar-refractivity contribution is 6.30. The van der Waals surface area contributed by atoms with E-state index in [0.29, 0.717) is 25.2 Å². The molecule has 10 heteroatoms. The monoisotopic (exact) mass is 581 g/mol. The zero-order chi connectivity index (χ0) is 29.3. The van der Waals surface area contributed by atoms with Gasteiger partial charge < -0.3 is 11.1 Å². The molecule has 214 valence electrons. The molecule has 0 saturated carbocycles. The van der Waals surface area contributed by atoms with Gasteiger partial charge in [-0.05, 0) is 59.9 Å². The van der Waals surface area contributed by atoms with E-state index in [4.69, 9.17) is 22.4 Å². The van der Waals surface area contributed by atoms with Gasteiger partial charge in [0.1, 0.15) is 0 Å². The van der Waals surface area contributed by atoms with E-state index in [1.54, 1.807) is 12.1 Å². The van der Waals surface area contributed by atoms with Crippen molar-refractivity contribution in [1.82, 2.24) is 14.7 Å². The molecule has 5 rings (SSSR count). The van der Waals surface area contributed by atoms with Crippen LogP contribution in [0.5, 0.6) is 0 Å². The first kappa shape index (κ1) is 28.7. The summed E-state index contributed by atoms with van der Waals surface area (Å²) in [7, 11) is 0. The normalized spacial score (nSPS) is 13.7. The summed E-state index contributed by atoms with van der Waals surface area (Å²) in [5, 5.41) is 7.95. The molecule has 0 aliphatic carbocycles. The molecule has 41 heavy (non-hydrogen) atoms. The number of hydrogen-bond donors (Lipinski definition) is 2. The van der Waals surface area contributed by atoms with Crippen LogP contribution in [0.4, 0.5) is 23.7 Å². The number of anilines is 1. The van der Waals surface area contributed by atoms with Crippen LogP contribution in [-0.2, 0) is 38.5 Å². The predicted octanol–water partition coefficient (Wildman–Crippen LogP) is 7.39. The maximum atomic E-state index is 13.8. The Labute approximate surface area is 241 Å². The summed E-state index contributed by atoms with van der Waals surface area (Å²) in [5.41, 5.74) is 12.3. The number of rotatable bonds is 7. The molecular formula is C31H31ClF3N5O. The molecule has 0 atom stereocenters. The third kappa shape index (κ3) is 5.96. The summed E-state index contributed by atoms with van der Waals surface area (Å²) in [4.78, 5) is 13.4. The van der Waals surface area contributed by atoms with Crippen molar-refractivity contribution < 1.29 is 18.0 Å². The molecule has 0 spiro atoms. The Kier molecular flexibility index (Phi) is 8.11. The van der Waals surface area contributed by atoms with Gasteiger partial charge in [0, 0.05) is 47.9 Å². The van der Waals surface area contributed by atoms with Gasteiger partial charge in [0.25, 0.3) is 0 Å². The topological polar surface area (TPSA) is 76.2 Å². The molecule has 2 heterocycles. The quantitative estimate of drug-likeness (QED) is 0.239. The number of nitrogens with one attached hydrogen (secondary N) is 1. The predicted molar refractivity (Wildman–Crippen MR) is 155 cm³/mol. The standard InChI is InChI=1S/C31H31ClF3N5O/c1-3-19-6-5-7-20(4-2)28(19)40-29(21-8-11-24(12-9-21)37-30(36)41)25-18-39(15-14-27(25)38-40)17-22-16-23(32)10-13-26(22)31(33,34)35/h5-13,16H,3-4,14-15,17-18H2,1-2H3,(H3,36,37,41). The van der Waals surface area contributed by atoms with E-state index in [2.05, 4.69) is 37.4 Å². The summed E-state index contributed by atoms with van der Waals surface area (Å²) in [6.45, 7) is 5.30. The number of hydrogen-bond acceptors (Lipinski definition) is 3. The minimum Gasteiger partial charge on any atom is -0.351 e. The largest absolute Gasteiger partial charge is 0.416 e. The summed E-state index contributed by atoms with van der Waals surface area (Å²) in [6.07, 6.45) is -2.25. The average molecular weight is 582 g/mol. The third-order valence-electron chi connectivity index (χ3n) is 7.48. The molecule has 1 aliphatic heterocycles. The highest BCUT2D eigenvalue weighted by atomic mass is 35.5. The van der Waals surface area contributed by atoms with Gasteiger partial charge in [-0.2, -0.15) is 18.3 Å². The Balaban J connectivity index is 1.61. The first-order chi connectivity index (χ1) is 19.6. The third-order valence-corrected chi connectivity index (χ3v) is 7.72. The number of carbonyl (C=O) groups excluding carboxylic acids is 1. The SMILES string of the molecule is CCc1cccc(CC)c1-n1nc2c(c1-c1ccc(NC(N)=O)cc1)CN(Cc1cc(Cl)ccc1C(F)(F)F)CC2. The fraction of sp³-hybridized carbons (Fsp3) is 0.290. The number of amides is 2. The van der Waals surface area contributed by atoms with Gasteiger partial charge in [0.2, 0.25) is 0 Å². The Hall–Kier alpha value is -3.82. The van der Waals surface area contributed by atoms with E-state index in [1.807, 2.05) is 21.7 Å². The van der Waals surface area contributed by atoms with E-state index in [0.717, 1.165) is 58.2 Å². The van der Waals surface area contributed by atoms with Crippen LogP contribution < -0.4 is 11.1 Å². The van der Waals surface area contributed by atoms with Crippen LogP contribution in [0, 0.1) is 0 Å². The summed E-state index contributed by atoms with van der Waals surface area (Å²) < 4.78 is 43.4. The van der Waals surface area contributed by atoms with Crippen molar-refractivity contribution in [2.45, 2.75) is 52.4 Å². The number of aromatic nitrogens is 2. The number of carbonyl (C=O) groups is 1. The second-order valence-electron chi connectivity index (χ2n) is 10.1. The molecule has 0 fully saturated rings. The van der Waals surface area contributed by atoms with Crippen LogP contribution in [0.1, 0.15) is 47.4 Å². The van der Waals surface area contributed by atoms with Gasteiger partial charge in [-0.15, -0.1) is 0 Å². The van der Waals surface area contributed by atoms with E-state index >= 15 is 0 Å². The Morgan fingerprint density at radius 1 is 1.02 bits per heavy atom. The lowest BCUT2D eigenvalue weighted by molar-refractivity contribution is -0.138. The van der Waals surface area contributed by atoms with Crippen LogP contribution in [0.3, 0.4) is 0 Å². The second kappa shape index (κ2) is 11.6. The Morgan fingerprint density at radius 3 is 2.32 bits per heavy atom. The molecule has 3 aromatic carbocycles. The van der Waals surface area contributed by atoms with Crippen LogP contribution in [0.2, 0.25) is 5.02 Å². The lowest BCUT2D eigenvalue weighted by Crippen LogP contribution is -2.30. The molecular weight excluding hydrogens is 551 g/mol. The number of nitrogens with two attached hydrogens (primary N) is 1. The molecule has 2 amide bonds. The molecule has 6 nitrogen and oxygen atoms in total. The summed E-state index contributed by atoms with van der Waals surface area (Å²) in [6, 6.07) is 16.7. The van der Waals surface area contributed by atoms with E-state index in [9.17, 15) is 18.0 Å². The Morgan fingerprint density at radius 2 is 1.71 bits per heavy atom. The molecule has 4 aromatic rings. The van der Waals surface area contributed by atoms with Crippen molar-refractivity contribution in [1.29, 1.82) is 0 Å². The first-order valence-electron chi connectivity index (χ1n) is 13.6. The molecule has 0 saturated heterocycles. The highest BCUT2D eigenvalue weighted by Gasteiger charge is 2.34. The summed E-state index contributed by atoms with van der Waals surface area (Å²) >= 11 is 6.11. The number of aryl methyl sites for hydroxylation is 2. The van der Waals surface area contributed by atoms with Crippen LogP contribution in [0.15, 0.2) is 60.7 Å². The Bertz CT molecular complexity index is 1560. The van der Waals surface area contributed by atoms with Crippen molar-refractivity contribution in [2.24, 2.45) is 5.73 Å². The van der Waals surface area contributed by atoms with Gasteiger partial charge >= 0.3 is 12.2 Å². The van der Waals surface area contributed by atoms with Gasteiger partial charge in [0.15, 0.2) is 0 Å². The fourth-order valence-electron chi connectivity index (χ4n) is 5.57. The number of fused-ring (bicyclic) bond motifs is 1. The van der Waals surface area contributed by atoms with Gasteiger partial charge in [-0.1, -0.05) is 55.8 Å². The smallest absolute Gasteiger partial charge is 0.351 e. The van der Waals surface area contributed by atoms with Crippen molar-refractivity contribution in [3.63, 3.8) is 0 Å². The number of halogens is 4. The van der Waals surface area contributed by atoms with Crippen molar-refractivity contribution >= 4 is 23.3 Å². The van der Waals surface area contributed by atoms with Crippen LogP contribution >= 0.6 is 11.6 Å². The minimum atomic E-state index is -4.47. The number of urea groups is 1. The first-order valence-corrected chi connectivity index (χ1v) is 13.9. The number of primary amides is 1. The van der Waals surface area contributed by atoms with Crippen molar-refractivity contribution in [2.75, 3.05) is 11.9 Å². The maximum Gasteiger partial charge on any atom is 0.416 e. The van der Waals surface area contributed by atoms with E-state index < -0.39 is 17.8 Å². The summed E-state index contributed by atoms with van der Waals surface area (Å²) in [5.74, 6) is 0. The van der Waals surface area contributed by atoms with E-state index in [1.165, 1.54) is 12.1 Å². The van der Waals surface area contributed by atoms with Gasteiger partial charge in [-0.25, -0.2) is 9.48 Å². The fourth-order valence-corrected chi connectivity index (χ4v) is 5.77. The average Bonchev–Trinajstić information content (AvgIpc) is 3.30. The number of alkyl halides is 3. The zero-order valence-corrected chi connectivity index (χ0v) is 23.6. The lowest BCUT2D eigenvalue weighted by atomic mass is 9.98. The minimum absolute atomic E-state index is 0.104. The van der Waals surface area contributed by atoms with Gasteiger partial charge in [-0.3, -0.25) is 4.90 Å². The van der Waals surface area contributed by atoms with E-state index in [-0.39, 0.29) is 17.1 Å².